The molecule has 0 saturated heterocycles. The maximum atomic E-state index is 13.3. The minimum Gasteiger partial charge on any atom is -0.382 e. The van der Waals surface area contributed by atoms with Crippen molar-refractivity contribution in [1.29, 1.82) is 0 Å². The zero-order valence-corrected chi connectivity index (χ0v) is 9.85. The molecule has 0 saturated carbocycles. The molecule has 108 valence electrons. The Bertz CT molecular complexity index is 438. The zero-order chi connectivity index (χ0) is 14.6. The average Bonchev–Trinajstić information content (AvgIpc) is 2.29. The first-order chi connectivity index (χ1) is 8.75. The van der Waals surface area contributed by atoms with Crippen LogP contribution in [0.25, 0.3) is 0 Å². The predicted octanol–water partition coefficient (Wildman–Crippen LogP) is 2.13. The predicted molar refractivity (Wildman–Crippen MR) is 58.9 cm³/mol. The highest BCUT2D eigenvalue weighted by atomic mass is 19.4. The molecule has 0 aliphatic heterocycles. The third-order valence-corrected chi connectivity index (χ3v) is 2.11. The van der Waals surface area contributed by atoms with E-state index in [0.717, 1.165) is 0 Å². The van der Waals surface area contributed by atoms with Crippen LogP contribution in [0.4, 0.5) is 33.6 Å². The highest BCUT2D eigenvalue weighted by Gasteiger charge is 2.38. The maximum Gasteiger partial charge on any atom is 0.416 e. The second-order valence-corrected chi connectivity index (χ2v) is 3.62. The van der Waals surface area contributed by atoms with Crippen LogP contribution in [0, 0.1) is 11.6 Å². The topological polar surface area (TPSA) is 57.2 Å². The molecule has 9 heteroatoms. The van der Waals surface area contributed by atoms with E-state index in [-0.39, 0.29) is 5.82 Å². The van der Waals surface area contributed by atoms with Gasteiger partial charge >= 0.3 is 6.18 Å². The number of halogens is 5. The lowest BCUT2D eigenvalue weighted by Crippen LogP contribution is -2.35. The molecule has 1 aromatic rings. The van der Waals surface area contributed by atoms with Crippen molar-refractivity contribution in [3.63, 3.8) is 0 Å². The van der Waals surface area contributed by atoms with E-state index >= 15 is 0 Å². The van der Waals surface area contributed by atoms with Crippen molar-refractivity contribution in [2.75, 3.05) is 23.7 Å². The average molecular weight is 285 g/mol. The van der Waals surface area contributed by atoms with Crippen molar-refractivity contribution < 1.29 is 27.1 Å². The summed E-state index contributed by atoms with van der Waals surface area (Å²) in [6, 6.07) is 0.493. The van der Waals surface area contributed by atoms with Gasteiger partial charge in [-0.1, -0.05) is 0 Å². The normalized spacial score (nSPS) is 13.2. The summed E-state index contributed by atoms with van der Waals surface area (Å²) in [6.45, 7) is 0.968. The van der Waals surface area contributed by atoms with E-state index in [0.29, 0.717) is 12.6 Å². The molecule has 0 aliphatic rings. The van der Waals surface area contributed by atoms with Gasteiger partial charge < -0.3 is 15.7 Å². The molecule has 19 heavy (non-hydrogen) atoms. The molecule has 3 N–H and O–H groups in total. The van der Waals surface area contributed by atoms with E-state index in [9.17, 15) is 22.0 Å². The van der Waals surface area contributed by atoms with Gasteiger partial charge in [-0.2, -0.15) is 13.2 Å². The fourth-order valence-corrected chi connectivity index (χ4v) is 1.19. The lowest BCUT2D eigenvalue weighted by molar-refractivity contribution is -0.198. The van der Waals surface area contributed by atoms with Gasteiger partial charge in [0, 0.05) is 12.6 Å². The van der Waals surface area contributed by atoms with Crippen molar-refractivity contribution in [2.24, 2.45) is 0 Å². The minimum atomic E-state index is -4.83. The van der Waals surface area contributed by atoms with Crippen LogP contribution in [0.2, 0.25) is 0 Å². The molecule has 1 aromatic heterocycles. The Morgan fingerprint density at radius 3 is 2.21 bits per heavy atom. The first-order valence-corrected chi connectivity index (χ1v) is 5.34. The molecule has 1 heterocycles. The highest BCUT2D eigenvalue weighted by Crippen LogP contribution is 2.22. The van der Waals surface area contributed by atoms with Crippen molar-refractivity contribution in [1.82, 2.24) is 4.98 Å². The summed E-state index contributed by atoms with van der Waals surface area (Å²) in [5, 5.41) is 13.2. The summed E-state index contributed by atoms with van der Waals surface area (Å²) >= 11 is 0. The Morgan fingerprint density at radius 1 is 1.21 bits per heavy atom. The van der Waals surface area contributed by atoms with Gasteiger partial charge in [0.25, 0.3) is 0 Å². The van der Waals surface area contributed by atoms with E-state index in [1.54, 1.807) is 6.92 Å². The number of nitrogens with one attached hydrogen (secondary N) is 2. The molecule has 1 rings (SSSR count). The zero-order valence-electron chi connectivity index (χ0n) is 9.85. The monoisotopic (exact) mass is 285 g/mol. The van der Waals surface area contributed by atoms with Crippen LogP contribution in [0.3, 0.4) is 0 Å². The SMILES string of the molecule is CCNc1nc(NCC(O)C(F)(F)F)c(F)cc1F. The van der Waals surface area contributed by atoms with Crippen molar-refractivity contribution in [2.45, 2.75) is 19.2 Å². The highest BCUT2D eigenvalue weighted by molar-refractivity contribution is 5.47. The summed E-state index contributed by atoms with van der Waals surface area (Å²) in [4.78, 5) is 3.46. The molecule has 0 aliphatic carbocycles. The van der Waals surface area contributed by atoms with Gasteiger partial charge in [0.15, 0.2) is 29.4 Å². The van der Waals surface area contributed by atoms with Gasteiger partial charge in [-0.15, -0.1) is 0 Å². The third kappa shape index (κ3) is 4.19. The number of alkyl halides is 3. The van der Waals surface area contributed by atoms with Gasteiger partial charge in [0.2, 0.25) is 0 Å². The van der Waals surface area contributed by atoms with Crippen LogP contribution >= 0.6 is 0 Å². The van der Waals surface area contributed by atoms with Crippen molar-refractivity contribution >= 4 is 11.6 Å². The Labute approximate surface area is 105 Å². The van der Waals surface area contributed by atoms with Crippen LogP contribution < -0.4 is 10.6 Å². The fourth-order valence-electron chi connectivity index (χ4n) is 1.19. The largest absolute Gasteiger partial charge is 0.416 e. The van der Waals surface area contributed by atoms with Gasteiger partial charge in [-0.05, 0) is 6.92 Å². The lowest BCUT2D eigenvalue weighted by atomic mass is 10.3. The van der Waals surface area contributed by atoms with Crippen LogP contribution in [0.15, 0.2) is 6.07 Å². The van der Waals surface area contributed by atoms with Crippen LogP contribution in [-0.4, -0.2) is 35.5 Å². The number of anilines is 2. The molecule has 4 nitrogen and oxygen atoms in total. The van der Waals surface area contributed by atoms with Crippen LogP contribution in [0.1, 0.15) is 6.92 Å². The molecule has 0 fully saturated rings. The molecule has 1 atom stereocenters. The van der Waals surface area contributed by atoms with Crippen LogP contribution in [0.5, 0.6) is 0 Å². The number of aromatic nitrogens is 1. The maximum absolute atomic E-state index is 13.3. The minimum absolute atomic E-state index is 0.284. The number of pyridine rings is 1. The number of hydrogen-bond acceptors (Lipinski definition) is 4. The first-order valence-electron chi connectivity index (χ1n) is 5.34. The molecular weight excluding hydrogens is 273 g/mol. The molecule has 1 unspecified atom stereocenters. The summed E-state index contributed by atoms with van der Waals surface area (Å²) in [7, 11) is 0. The fraction of sp³-hybridized carbons (Fsp3) is 0.500. The Hall–Kier alpha value is -1.64. The molecule has 0 amide bonds. The van der Waals surface area contributed by atoms with E-state index in [1.165, 1.54) is 0 Å². The summed E-state index contributed by atoms with van der Waals surface area (Å²) in [6.07, 6.45) is -7.49. The van der Waals surface area contributed by atoms with Gasteiger partial charge in [0.1, 0.15) is 0 Å². The Kier molecular flexibility index (Phi) is 4.87. The summed E-state index contributed by atoms with van der Waals surface area (Å²) in [5.41, 5.74) is 0. The van der Waals surface area contributed by atoms with Gasteiger partial charge in [-0.3, -0.25) is 0 Å². The number of aliphatic hydroxyl groups is 1. The number of aliphatic hydroxyl groups excluding tert-OH is 1. The number of rotatable bonds is 5. The second-order valence-electron chi connectivity index (χ2n) is 3.62. The van der Waals surface area contributed by atoms with Crippen LogP contribution in [-0.2, 0) is 0 Å². The van der Waals surface area contributed by atoms with E-state index in [2.05, 4.69) is 10.3 Å². The van der Waals surface area contributed by atoms with E-state index in [1.807, 2.05) is 5.32 Å². The van der Waals surface area contributed by atoms with Crippen molar-refractivity contribution in [3.05, 3.63) is 17.7 Å². The second kappa shape index (κ2) is 6.00. The molecule has 0 spiro atoms. The lowest BCUT2D eigenvalue weighted by Gasteiger charge is -2.16. The quantitative estimate of drug-likeness (QED) is 0.725. The molecule has 0 bridgehead atoms. The van der Waals surface area contributed by atoms with Gasteiger partial charge in [0.05, 0.1) is 6.54 Å². The summed E-state index contributed by atoms with van der Waals surface area (Å²) < 4.78 is 62.6. The summed E-state index contributed by atoms with van der Waals surface area (Å²) in [5.74, 6) is -2.96. The number of nitrogens with zero attached hydrogens (tertiary/aromatic N) is 1. The Balaban J connectivity index is 2.81. The smallest absolute Gasteiger partial charge is 0.382 e. The molecular formula is C10H12F5N3O. The molecule has 0 radical (unpaired) electrons. The van der Waals surface area contributed by atoms with Gasteiger partial charge in [-0.25, -0.2) is 13.8 Å². The third-order valence-electron chi connectivity index (χ3n) is 2.11. The standard InChI is InChI=1S/C10H12F5N3O/c1-2-16-8-5(11)3-6(12)9(18-8)17-4-7(19)10(13,14)15/h3,7,19H,2,4H2,1H3,(H2,16,17,18). The molecule has 0 aromatic carbocycles. The van der Waals surface area contributed by atoms with Crippen molar-refractivity contribution in [3.8, 4) is 0 Å². The van der Waals surface area contributed by atoms with E-state index in [4.69, 9.17) is 5.11 Å². The Morgan fingerprint density at radius 2 is 1.74 bits per heavy atom. The number of hydrogen-bond donors (Lipinski definition) is 3. The van der Waals surface area contributed by atoms with E-state index < -0.39 is 36.3 Å². The first kappa shape index (κ1) is 15.4.